The number of benzene rings is 3. The zero-order valence-electron chi connectivity index (χ0n) is 23.9. The lowest BCUT2D eigenvalue weighted by atomic mass is 9.92. The predicted octanol–water partition coefficient (Wildman–Crippen LogP) is 0.388. The molecule has 0 aromatic heterocycles. The molecule has 230 valence electrons. The molecule has 0 spiro atoms. The van der Waals surface area contributed by atoms with Gasteiger partial charge >= 0.3 is 5.97 Å². The van der Waals surface area contributed by atoms with E-state index in [0.717, 1.165) is 16.7 Å². The first kappa shape index (κ1) is 31.7. The number of nitrogens with zero attached hydrogens (tertiary/aromatic N) is 1. The third kappa shape index (κ3) is 8.19. The minimum Gasteiger partial charge on any atom is -0.508 e. The van der Waals surface area contributed by atoms with E-state index in [2.05, 4.69) is 10.6 Å². The minimum atomic E-state index is -1.59. The number of carbonyl (C=O) groups is 5. The van der Waals surface area contributed by atoms with Crippen LogP contribution in [0.5, 0.6) is 5.75 Å². The zero-order valence-corrected chi connectivity index (χ0v) is 23.9. The van der Waals surface area contributed by atoms with E-state index < -0.39 is 60.2 Å². The van der Waals surface area contributed by atoms with Crippen molar-refractivity contribution in [2.75, 3.05) is 0 Å². The molecule has 1 heterocycles. The first-order valence-corrected chi connectivity index (χ1v) is 14.1. The maximum absolute atomic E-state index is 13.9. The summed E-state index contributed by atoms with van der Waals surface area (Å²) in [5.74, 6) is -4.21. The van der Waals surface area contributed by atoms with Crippen molar-refractivity contribution >= 4 is 29.6 Å². The number of fused-ring (bicyclic) bond motifs is 1. The third-order valence-corrected chi connectivity index (χ3v) is 7.48. The number of primary amides is 1. The Morgan fingerprint density at radius 2 is 1.43 bits per heavy atom. The van der Waals surface area contributed by atoms with E-state index in [4.69, 9.17) is 11.5 Å². The maximum atomic E-state index is 13.9. The molecule has 12 nitrogen and oxygen atoms in total. The normalized spacial score (nSPS) is 16.1. The highest BCUT2D eigenvalue weighted by Crippen LogP contribution is 2.25. The molecule has 0 saturated carbocycles. The molecule has 1 aliphatic heterocycles. The molecule has 44 heavy (non-hydrogen) atoms. The number of carboxylic acid groups (broad SMARTS) is 1. The summed E-state index contributed by atoms with van der Waals surface area (Å²) in [7, 11) is 0. The number of aliphatic carboxylic acids is 1. The van der Waals surface area contributed by atoms with E-state index in [-0.39, 0.29) is 31.6 Å². The number of phenols is 1. The highest BCUT2D eigenvalue weighted by Gasteiger charge is 2.38. The summed E-state index contributed by atoms with van der Waals surface area (Å²) in [5, 5.41) is 24.1. The largest absolute Gasteiger partial charge is 0.508 e. The molecule has 4 rings (SSSR count). The molecule has 0 bridgehead atoms. The molecule has 0 aliphatic carbocycles. The van der Waals surface area contributed by atoms with E-state index >= 15 is 0 Å². The minimum absolute atomic E-state index is 0.0128. The Labute approximate surface area is 254 Å². The van der Waals surface area contributed by atoms with Crippen molar-refractivity contribution in [2.24, 2.45) is 11.5 Å². The van der Waals surface area contributed by atoms with Crippen LogP contribution in [0.1, 0.15) is 28.7 Å². The number of aromatic hydroxyl groups is 1. The number of carbonyl (C=O) groups excluding carboxylic acids is 4. The number of nitrogens with one attached hydrogen (secondary N) is 2. The highest BCUT2D eigenvalue weighted by atomic mass is 16.4. The second kappa shape index (κ2) is 14.3. The van der Waals surface area contributed by atoms with Gasteiger partial charge in [-0.05, 0) is 40.8 Å². The van der Waals surface area contributed by atoms with Crippen molar-refractivity contribution in [3.8, 4) is 5.75 Å². The van der Waals surface area contributed by atoms with Crippen LogP contribution in [-0.2, 0) is 49.8 Å². The first-order valence-electron chi connectivity index (χ1n) is 14.1. The van der Waals surface area contributed by atoms with E-state index in [1.54, 1.807) is 42.5 Å². The average Bonchev–Trinajstić information content (AvgIpc) is 3.00. The van der Waals surface area contributed by atoms with Gasteiger partial charge in [0.25, 0.3) is 0 Å². The fraction of sp³-hybridized carbons (Fsp3) is 0.281. The van der Waals surface area contributed by atoms with Crippen molar-refractivity contribution in [1.29, 1.82) is 0 Å². The molecule has 0 saturated heterocycles. The van der Waals surface area contributed by atoms with Gasteiger partial charge in [-0.25, -0.2) is 4.79 Å². The van der Waals surface area contributed by atoms with E-state index in [1.807, 2.05) is 24.3 Å². The van der Waals surface area contributed by atoms with Crippen LogP contribution in [0.3, 0.4) is 0 Å². The molecule has 0 radical (unpaired) electrons. The lowest BCUT2D eigenvalue weighted by Crippen LogP contribution is -2.60. The standard InChI is InChI=1S/C32H35N5O7/c33-24(14-20-10-12-23(38)13-11-20)31(42)37-18-22-9-5-4-8-21(22)16-27(37)30(41)35-25(15-19-6-2-1-3-7-19)29(40)36-26(32(43)44)17-28(34)39/h1-13,24-27,38H,14-18,33H2,(H2,34,39)(H,35,41)(H,36,40)(H,43,44). The van der Waals surface area contributed by atoms with Gasteiger partial charge in [-0.2, -0.15) is 0 Å². The number of phenolic OH excluding ortho intramolecular Hbond substituents is 1. The lowest BCUT2D eigenvalue weighted by molar-refractivity contribution is -0.145. The Kier molecular flexibility index (Phi) is 10.3. The van der Waals surface area contributed by atoms with Gasteiger partial charge in [-0.15, -0.1) is 0 Å². The van der Waals surface area contributed by atoms with Gasteiger partial charge in [-0.1, -0.05) is 66.7 Å². The number of nitrogens with two attached hydrogens (primary N) is 2. The summed E-state index contributed by atoms with van der Waals surface area (Å²) in [6, 6.07) is 17.7. The molecule has 12 heteroatoms. The molecular formula is C32H35N5O7. The van der Waals surface area contributed by atoms with Crippen molar-refractivity contribution in [3.63, 3.8) is 0 Å². The van der Waals surface area contributed by atoms with Gasteiger partial charge < -0.3 is 37.2 Å². The summed E-state index contributed by atoms with van der Waals surface area (Å²) in [4.78, 5) is 65.5. The Hall–Kier alpha value is -5.23. The van der Waals surface area contributed by atoms with Crippen LogP contribution >= 0.6 is 0 Å². The van der Waals surface area contributed by atoms with Crippen LogP contribution in [0.25, 0.3) is 0 Å². The average molecular weight is 602 g/mol. The van der Waals surface area contributed by atoms with E-state index in [0.29, 0.717) is 5.56 Å². The molecule has 3 aromatic carbocycles. The van der Waals surface area contributed by atoms with E-state index in [1.165, 1.54) is 17.0 Å². The van der Waals surface area contributed by atoms with Crippen LogP contribution < -0.4 is 22.1 Å². The van der Waals surface area contributed by atoms with Crippen LogP contribution in [0.15, 0.2) is 78.9 Å². The molecule has 3 aromatic rings. The Balaban J connectivity index is 1.59. The van der Waals surface area contributed by atoms with Gasteiger partial charge in [-0.3, -0.25) is 19.2 Å². The van der Waals surface area contributed by atoms with E-state index in [9.17, 15) is 34.2 Å². The number of carboxylic acids is 1. The molecule has 4 amide bonds. The van der Waals surface area contributed by atoms with Crippen molar-refractivity contribution in [1.82, 2.24) is 15.5 Å². The van der Waals surface area contributed by atoms with Gasteiger partial charge in [0.05, 0.1) is 12.5 Å². The summed E-state index contributed by atoms with van der Waals surface area (Å²) in [5.41, 5.74) is 14.6. The van der Waals surface area contributed by atoms with Gasteiger partial charge in [0, 0.05) is 19.4 Å². The fourth-order valence-corrected chi connectivity index (χ4v) is 5.18. The van der Waals surface area contributed by atoms with Crippen LogP contribution in [0.2, 0.25) is 0 Å². The van der Waals surface area contributed by atoms with Gasteiger partial charge in [0.15, 0.2) is 0 Å². The summed E-state index contributed by atoms with van der Waals surface area (Å²) >= 11 is 0. The van der Waals surface area contributed by atoms with Gasteiger partial charge in [0.2, 0.25) is 23.6 Å². The Bertz CT molecular complexity index is 1510. The molecule has 8 N–H and O–H groups in total. The second-order valence-corrected chi connectivity index (χ2v) is 10.8. The molecule has 0 fully saturated rings. The SMILES string of the molecule is NC(=O)CC(NC(=O)C(Cc1ccccc1)NC(=O)C1Cc2ccccc2CN1C(=O)C(N)Cc1ccc(O)cc1)C(=O)O. The Morgan fingerprint density at radius 1 is 0.818 bits per heavy atom. The zero-order chi connectivity index (χ0) is 31.8. The third-order valence-electron chi connectivity index (χ3n) is 7.48. The molecule has 1 aliphatic rings. The first-order chi connectivity index (χ1) is 21.0. The number of hydrogen-bond donors (Lipinski definition) is 6. The van der Waals surface area contributed by atoms with Crippen LogP contribution in [-0.4, -0.2) is 68.9 Å². The molecule has 4 atom stereocenters. The quantitative estimate of drug-likeness (QED) is 0.171. The van der Waals surface area contributed by atoms with Crippen molar-refractivity contribution < 1.29 is 34.2 Å². The number of rotatable bonds is 12. The van der Waals surface area contributed by atoms with Crippen molar-refractivity contribution in [3.05, 3.63) is 101 Å². The smallest absolute Gasteiger partial charge is 0.326 e. The maximum Gasteiger partial charge on any atom is 0.326 e. The topological polar surface area (TPSA) is 205 Å². The fourth-order valence-electron chi connectivity index (χ4n) is 5.18. The van der Waals surface area contributed by atoms with Gasteiger partial charge in [0.1, 0.15) is 23.9 Å². The van der Waals surface area contributed by atoms with Crippen LogP contribution in [0.4, 0.5) is 0 Å². The lowest BCUT2D eigenvalue weighted by Gasteiger charge is -2.38. The second-order valence-electron chi connectivity index (χ2n) is 10.8. The summed E-state index contributed by atoms with van der Waals surface area (Å²) in [6.07, 6.45) is -0.285. The van der Waals surface area contributed by atoms with Crippen LogP contribution in [0, 0.1) is 0 Å². The molecular weight excluding hydrogens is 566 g/mol. The Morgan fingerprint density at radius 3 is 2.07 bits per heavy atom. The monoisotopic (exact) mass is 601 g/mol. The van der Waals surface area contributed by atoms with Crippen molar-refractivity contribution in [2.45, 2.75) is 56.4 Å². The summed E-state index contributed by atoms with van der Waals surface area (Å²) < 4.78 is 0. The number of hydrogen-bond acceptors (Lipinski definition) is 7. The predicted molar refractivity (Wildman–Crippen MR) is 160 cm³/mol. The highest BCUT2D eigenvalue weighted by molar-refractivity contribution is 5.95. The summed E-state index contributed by atoms with van der Waals surface area (Å²) in [6.45, 7) is 0.117. The molecule has 4 unspecified atom stereocenters. The number of amides is 4.